The zero-order valence-corrected chi connectivity index (χ0v) is 15.1. The molecule has 11 heteroatoms. The molecule has 1 heterocycles. The molecule has 2 aromatic rings. The van der Waals surface area contributed by atoms with Gasteiger partial charge in [-0.25, -0.2) is 9.07 Å². The quantitative estimate of drug-likeness (QED) is 0.251. The van der Waals surface area contributed by atoms with Crippen LogP contribution < -0.4 is 16.8 Å². The average Bonchev–Trinajstić information content (AvgIpc) is 3.05. The molecule has 0 unspecified atom stereocenters. The van der Waals surface area contributed by atoms with Gasteiger partial charge in [-0.1, -0.05) is 17.3 Å². The van der Waals surface area contributed by atoms with Gasteiger partial charge in [-0.3, -0.25) is 14.6 Å². The monoisotopic (exact) mass is 391 g/mol. The lowest BCUT2D eigenvalue weighted by molar-refractivity contribution is -0.137. The molecule has 1 atom stereocenters. The Morgan fingerprint density at radius 3 is 2.64 bits per heavy atom. The molecule has 10 nitrogen and oxygen atoms in total. The number of aliphatic imine (C=N–C) groups is 1. The van der Waals surface area contributed by atoms with Crippen LogP contribution in [0, 0.1) is 5.82 Å². The van der Waals surface area contributed by atoms with Gasteiger partial charge in [0.05, 0.1) is 18.2 Å². The predicted molar refractivity (Wildman–Crippen MR) is 98.6 cm³/mol. The minimum atomic E-state index is -1.08. The van der Waals surface area contributed by atoms with E-state index in [2.05, 4.69) is 20.6 Å². The molecule has 0 bridgehead atoms. The van der Waals surface area contributed by atoms with Gasteiger partial charge in [0.2, 0.25) is 5.91 Å². The van der Waals surface area contributed by atoms with E-state index in [0.717, 1.165) is 0 Å². The number of nitrogens with zero attached hydrogens (tertiary/aromatic N) is 4. The SMILES string of the molecule is NC(N)=NCCCc1cn(CC(=O)N[C@@H](CC(=O)O)c2ccc(F)cc2)nn1. The summed E-state index contributed by atoms with van der Waals surface area (Å²) in [5, 5.41) is 19.5. The number of aryl methyl sites for hydroxylation is 1. The summed E-state index contributed by atoms with van der Waals surface area (Å²) >= 11 is 0. The number of aliphatic carboxylic acids is 1. The predicted octanol–water partition coefficient (Wildman–Crippen LogP) is -0.0446. The number of hydrogen-bond donors (Lipinski definition) is 4. The molecule has 1 aromatic heterocycles. The summed E-state index contributed by atoms with van der Waals surface area (Å²) in [6, 6.07) is 4.51. The normalized spacial score (nSPS) is 11.6. The molecule has 6 N–H and O–H groups in total. The second-order valence-corrected chi connectivity index (χ2v) is 6.09. The molecule has 0 aliphatic heterocycles. The fraction of sp³-hybridized carbons (Fsp3) is 0.353. The summed E-state index contributed by atoms with van der Waals surface area (Å²) in [4.78, 5) is 27.2. The molecule has 1 aromatic carbocycles. The van der Waals surface area contributed by atoms with E-state index in [1.54, 1.807) is 6.20 Å². The Hall–Kier alpha value is -3.50. The zero-order valence-electron chi connectivity index (χ0n) is 15.1. The molecule has 0 saturated heterocycles. The van der Waals surface area contributed by atoms with Crippen molar-refractivity contribution in [3.8, 4) is 0 Å². The molecule has 0 saturated carbocycles. The van der Waals surface area contributed by atoms with Crippen LogP contribution >= 0.6 is 0 Å². The Morgan fingerprint density at radius 1 is 1.29 bits per heavy atom. The molecule has 2 rings (SSSR count). The van der Waals surface area contributed by atoms with Crippen molar-refractivity contribution in [2.45, 2.75) is 31.8 Å². The smallest absolute Gasteiger partial charge is 0.305 e. The number of carboxylic acid groups (broad SMARTS) is 1. The molecule has 0 radical (unpaired) electrons. The van der Waals surface area contributed by atoms with Gasteiger partial charge in [0.15, 0.2) is 5.96 Å². The van der Waals surface area contributed by atoms with Crippen LogP contribution in [0.4, 0.5) is 4.39 Å². The Kier molecular flexibility index (Phi) is 7.43. The van der Waals surface area contributed by atoms with Crippen molar-refractivity contribution in [1.29, 1.82) is 0 Å². The topological polar surface area (TPSA) is 162 Å². The van der Waals surface area contributed by atoms with Gasteiger partial charge in [-0.15, -0.1) is 5.10 Å². The summed E-state index contributed by atoms with van der Waals surface area (Å²) < 4.78 is 14.4. The largest absolute Gasteiger partial charge is 0.481 e. The van der Waals surface area contributed by atoms with Gasteiger partial charge in [0.1, 0.15) is 12.4 Å². The Morgan fingerprint density at radius 2 is 2.00 bits per heavy atom. The summed E-state index contributed by atoms with van der Waals surface area (Å²) in [7, 11) is 0. The van der Waals surface area contributed by atoms with Crippen LogP contribution in [0.15, 0.2) is 35.5 Å². The molecule has 150 valence electrons. The van der Waals surface area contributed by atoms with Crippen LogP contribution in [-0.4, -0.2) is 44.5 Å². The molecule has 0 aliphatic rings. The van der Waals surface area contributed by atoms with E-state index in [9.17, 15) is 14.0 Å². The van der Waals surface area contributed by atoms with E-state index < -0.39 is 23.7 Å². The van der Waals surface area contributed by atoms with Crippen molar-refractivity contribution in [2.24, 2.45) is 16.5 Å². The maximum absolute atomic E-state index is 13.1. The van der Waals surface area contributed by atoms with Crippen molar-refractivity contribution in [1.82, 2.24) is 20.3 Å². The number of hydrogen-bond acceptors (Lipinski definition) is 5. The molecule has 28 heavy (non-hydrogen) atoms. The second-order valence-electron chi connectivity index (χ2n) is 6.09. The van der Waals surface area contributed by atoms with Crippen molar-refractivity contribution in [3.05, 3.63) is 47.5 Å². The van der Waals surface area contributed by atoms with Gasteiger partial charge in [0.25, 0.3) is 0 Å². The summed E-state index contributed by atoms with van der Waals surface area (Å²) in [6.07, 6.45) is 2.56. The minimum Gasteiger partial charge on any atom is -0.481 e. The lowest BCUT2D eigenvalue weighted by atomic mass is 10.0. The van der Waals surface area contributed by atoms with E-state index in [0.29, 0.717) is 30.6 Å². The Labute approximate surface area is 160 Å². The number of carbonyl (C=O) groups is 2. The number of carboxylic acids is 1. The van der Waals surface area contributed by atoms with Gasteiger partial charge < -0.3 is 21.9 Å². The van der Waals surface area contributed by atoms with Crippen LogP contribution in [0.2, 0.25) is 0 Å². The van der Waals surface area contributed by atoms with E-state index >= 15 is 0 Å². The Bertz CT molecular complexity index is 832. The van der Waals surface area contributed by atoms with Crippen LogP contribution in [0.25, 0.3) is 0 Å². The number of amides is 1. The third-order valence-corrected chi connectivity index (χ3v) is 3.76. The van der Waals surface area contributed by atoms with Gasteiger partial charge >= 0.3 is 5.97 Å². The van der Waals surface area contributed by atoms with Crippen molar-refractivity contribution < 1.29 is 19.1 Å². The highest BCUT2D eigenvalue weighted by atomic mass is 19.1. The number of aromatic nitrogens is 3. The van der Waals surface area contributed by atoms with Crippen molar-refractivity contribution in [3.63, 3.8) is 0 Å². The van der Waals surface area contributed by atoms with Crippen LogP contribution in [0.1, 0.15) is 30.1 Å². The number of nitrogens with two attached hydrogens (primary N) is 2. The molecule has 0 aliphatic carbocycles. The molecular weight excluding hydrogens is 369 g/mol. The van der Waals surface area contributed by atoms with Gasteiger partial charge in [0, 0.05) is 12.7 Å². The highest BCUT2D eigenvalue weighted by Crippen LogP contribution is 2.17. The number of benzene rings is 1. The molecule has 1 amide bonds. The number of nitrogens with one attached hydrogen (secondary N) is 1. The standard InChI is InChI=1S/C17H22FN7O3/c18-12-5-3-11(4-6-12)14(8-16(27)28)22-15(26)10-25-9-13(23-24-25)2-1-7-21-17(19)20/h3-6,9,14H,1-2,7-8,10H2,(H,22,26)(H,27,28)(H4,19,20,21)/t14-/m0/s1. The summed E-state index contributed by atoms with van der Waals surface area (Å²) in [6.45, 7) is 0.336. The van der Waals surface area contributed by atoms with Gasteiger partial charge in [-0.2, -0.15) is 0 Å². The molecular formula is C17H22FN7O3. The van der Waals surface area contributed by atoms with E-state index in [-0.39, 0.29) is 18.9 Å². The molecule has 0 spiro atoms. The molecule has 0 fully saturated rings. The number of halogens is 1. The lowest BCUT2D eigenvalue weighted by Gasteiger charge is -2.17. The maximum Gasteiger partial charge on any atom is 0.305 e. The fourth-order valence-corrected chi connectivity index (χ4v) is 2.51. The highest BCUT2D eigenvalue weighted by molar-refractivity contribution is 5.77. The third-order valence-electron chi connectivity index (χ3n) is 3.76. The minimum absolute atomic E-state index is 0.0254. The maximum atomic E-state index is 13.1. The van der Waals surface area contributed by atoms with Crippen molar-refractivity contribution >= 4 is 17.8 Å². The lowest BCUT2D eigenvalue weighted by Crippen LogP contribution is -2.33. The number of carbonyl (C=O) groups excluding carboxylic acids is 1. The first-order valence-corrected chi connectivity index (χ1v) is 8.54. The summed E-state index contributed by atoms with van der Waals surface area (Å²) in [5.74, 6) is -1.94. The second kappa shape index (κ2) is 10.00. The zero-order chi connectivity index (χ0) is 20.5. The first-order chi connectivity index (χ1) is 13.3. The number of guanidine groups is 1. The Balaban J connectivity index is 1.92. The highest BCUT2D eigenvalue weighted by Gasteiger charge is 2.18. The third kappa shape index (κ3) is 7.02. The first kappa shape index (κ1) is 20.8. The van der Waals surface area contributed by atoms with E-state index in [1.165, 1.54) is 28.9 Å². The van der Waals surface area contributed by atoms with Crippen LogP contribution in [0.5, 0.6) is 0 Å². The van der Waals surface area contributed by atoms with Crippen molar-refractivity contribution in [2.75, 3.05) is 6.54 Å². The fourth-order valence-electron chi connectivity index (χ4n) is 2.51. The van der Waals surface area contributed by atoms with Gasteiger partial charge in [-0.05, 0) is 30.5 Å². The van der Waals surface area contributed by atoms with Crippen LogP contribution in [-0.2, 0) is 22.6 Å². The average molecular weight is 391 g/mol. The first-order valence-electron chi connectivity index (χ1n) is 8.54. The summed E-state index contributed by atoms with van der Waals surface area (Å²) in [5.41, 5.74) is 11.7. The van der Waals surface area contributed by atoms with E-state index in [4.69, 9.17) is 16.6 Å². The van der Waals surface area contributed by atoms with Crippen LogP contribution in [0.3, 0.4) is 0 Å². The number of rotatable bonds is 10. The van der Waals surface area contributed by atoms with E-state index in [1.807, 2.05) is 0 Å².